The van der Waals surface area contributed by atoms with Gasteiger partial charge in [0.1, 0.15) is 5.82 Å². The molecule has 0 saturated carbocycles. The summed E-state index contributed by atoms with van der Waals surface area (Å²) in [5.41, 5.74) is 1.82. The largest absolute Gasteiger partial charge is 0.309 e. The summed E-state index contributed by atoms with van der Waals surface area (Å²) >= 11 is 4.95. The van der Waals surface area contributed by atoms with Crippen molar-refractivity contribution in [1.82, 2.24) is 5.32 Å². The quantitative estimate of drug-likeness (QED) is 0.892. The molecule has 1 nitrogen and oxygen atoms in total. The van der Waals surface area contributed by atoms with E-state index in [1.165, 1.54) is 10.9 Å². The van der Waals surface area contributed by atoms with Crippen LogP contribution in [0, 0.1) is 12.7 Å². The van der Waals surface area contributed by atoms with Gasteiger partial charge in [0.05, 0.1) is 6.04 Å². The second-order valence-electron chi connectivity index (χ2n) is 3.82. The van der Waals surface area contributed by atoms with Gasteiger partial charge in [0, 0.05) is 14.9 Å². The molecule has 0 aliphatic rings. The summed E-state index contributed by atoms with van der Waals surface area (Å²) in [6.45, 7) is 2.06. The van der Waals surface area contributed by atoms with Gasteiger partial charge in [0.2, 0.25) is 0 Å². The lowest BCUT2D eigenvalue weighted by atomic mass is 9.99. The van der Waals surface area contributed by atoms with Crippen LogP contribution in [0.2, 0.25) is 0 Å². The summed E-state index contributed by atoms with van der Waals surface area (Å²) in [7, 11) is 1.85. The molecule has 90 valence electrons. The van der Waals surface area contributed by atoms with Crippen LogP contribution in [0.4, 0.5) is 4.39 Å². The molecule has 1 N–H and O–H groups in total. The zero-order chi connectivity index (χ0) is 12.4. The minimum Gasteiger partial charge on any atom is -0.309 e. The molecule has 1 atom stereocenters. The third-order valence-electron chi connectivity index (χ3n) is 2.77. The number of aryl methyl sites for hydroxylation is 1. The third-order valence-corrected chi connectivity index (χ3v) is 4.13. The number of rotatable bonds is 3. The first-order valence-corrected chi connectivity index (χ1v) is 6.97. The summed E-state index contributed by atoms with van der Waals surface area (Å²) in [6.07, 6.45) is 0. The van der Waals surface area contributed by atoms with Gasteiger partial charge in [-0.05, 0) is 43.1 Å². The first kappa shape index (κ1) is 12.7. The van der Waals surface area contributed by atoms with Gasteiger partial charge in [-0.1, -0.05) is 22.0 Å². The molecule has 1 aromatic carbocycles. The highest BCUT2D eigenvalue weighted by Gasteiger charge is 2.18. The molecule has 0 bridgehead atoms. The summed E-state index contributed by atoms with van der Waals surface area (Å²) in [4.78, 5) is 1.21. The summed E-state index contributed by atoms with van der Waals surface area (Å²) < 4.78 is 14.7. The molecule has 0 fully saturated rings. The van der Waals surface area contributed by atoms with E-state index in [0.717, 1.165) is 10.0 Å². The fourth-order valence-electron chi connectivity index (χ4n) is 1.91. The molecule has 1 aromatic heterocycles. The Bertz CT molecular complexity index is 524. The van der Waals surface area contributed by atoms with E-state index in [-0.39, 0.29) is 11.9 Å². The molecule has 2 aromatic rings. The van der Waals surface area contributed by atoms with Crippen LogP contribution in [-0.4, -0.2) is 7.05 Å². The van der Waals surface area contributed by atoms with Crippen LogP contribution in [-0.2, 0) is 0 Å². The van der Waals surface area contributed by atoms with E-state index >= 15 is 0 Å². The molecule has 1 unspecified atom stereocenters. The molecule has 0 aliphatic heterocycles. The van der Waals surface area contributed by atoms with Crippen LogP contribution in [0.25, 0.3) is 0 Å². The van der Waals surface area contributed by atoms with Gasteiger partial charge >= 0.3 is 0 Å². The number of hydrogen-bond donors (Lipinski definition) is 1. The standard InChI is InChI=1S/C13H13BrFNS/c1-8-10(5-6-17-8)13(16-2)11-4-3-9(14)7-12(11)15/h3-7,13,16H,1-2H3. The molecule has 0 aliphatic carbocycles. The molecule has 4 heteroatoms. The Labute approximate surface area is 113 Å². The fraction of sp³-hybridized carbons (Fsp3) is 0.231. The minimum absolute atomic E-state index is 0.0886. The van der Waals surface area contributed by atoms with Crippen molar-refractivity contribution in [2.24, 2.45) is 0 Å². The third kappa shape index (κ3) is 2.59. The van der Waals surface area contributed by atoms with Crippen molar-refractivity contribution in [2.45, 2.75) is 13.0 Å². The predicted molar refractivity (Wildman–Crippen MR) is 74.1 cm³/mol. The van der Waals surface area contributed by atoms with Crippen LogP contribution in [0.1, 0.15) is 22.0 Å². The van der Waals surface area contributed by atoms with E-state index in [1.807, 2.05) is 30.6 Å². The predicted octanol–water partition coefficient (Wildman–Crippen LogP) is 4.27. The molecular formula is C13H13BrFNS. The highest BCUT2D eigenvalue weighted by Crippen LogP contribution is 2.30. The van der Waals surface area contributed by atoms with E-state index in [9.17, 15) is 4.39 Å². The van der Waals surface area contributed by atoms with E-state index in [1.54, 1.807) is 11.3 Å². The second kappa shape index (κ2) is 5.29. The number of thiophene rings is 1. The molecule has 0 radical (unpaired) electrons. The first-order chi connectivity index (χ1) is 8.13. The molecule has 0 spiro atoms. The highest BCUT2D eigenvalue weighted by molar-refractivity contribution is 9.10. The maximum atomic E-state index is 13.9. The van der Waals surface area contributed by atoms with Gasteiger partial charge in [-0.25, -0.2) is 4.39 Å². The van der Waals surface area contributed by atoms with Crippen LogP contribution >= 0.6 is 27.3 Å². The van der Waals surface area contributed by atoms with Crippen molar-refractivity contribution in [3.63, 3.8) is 0 Å². The van der Waals surface area contributed by atoms with Crippen molar-refractivity contribution < 1.29 is 4.39 Å². The summed E-state index contributed by atoms with van der Waals surface area (Å²) in [5.74, 6) is -0.190. The van der Waals surface area contributed by atoms with Crippen molar-refractivity contribution >= 4 is 27.3 Å². The van der Waals surface area contributed by atoms with E-state index < -0.39 is 0 Å². The zero-order valence-electron chi connectivity index (χ0n) is 9.63. The average molecular weight is 314 g/mol. The maximum Gasteiger partial charge on any atom is 0.129 e. The smallest absolute Gasteiger partial charge is 0.129 e. The number of nitrogens with one attached hydrogen (secondary N) is 1. The lowest BCUT2D eigenvalue weighted by molar-refractivity contribution is 0.575. The van der Waals surface area contributed by atoms with Gasteiger partial charge in [0.15, 0.2) is 0 Å². The Kier molecular flexibility index (Phi) is 3.97. The van der Waals surface area contributed by atoms with Crippen LogP contribution in [0.3, 0.4) is 0 Å². The van der Waals surface area contributed by atoms with E-state index in [0.29, 0.717) is 5.56 Å². The molecule has 2 rings (SSSR count). The normalized spacial score (nSPS) is 12.7. The van der Waals surface area contributed by atoms with Crippen molar-refractivity contribution in [2.75, 3.05) is 7.05 Å². The fourth-order valence-corrected chi connectivity index (χ4v) is 2.98. The van der Waals surface area contributed by atoms with Crippen LogP contribution < -0.4 is 5.32 Å². The number of benzene rings is 1. The molecular weight excluding hydrogens is 301 g/mol. The van der Waals surface area contributed by atoms with Gasteiger partial charge in [-0.15, -0.1) is 11.3 Å². The SMILES string of the molecule is CNC(c1ccc(Br)cc1F)c1ccsc1C. The Morgan fingerprint density at radius 1 is 1.29 bits per heavy atom. The van der Waals surface area contributed by atoms with Crippen LogP contribution in [0.5, 0.6) is 0 Å². The Morgan fingerprint density at radius 3 is 2.59 bits per heavy atom. The Morgan fingerprint density at radius 2 is 2.06 bits per heavy atom. The van der Waals surface area contributed by atoms with Gasteiger partial charge in [-0.3, -0.25) is 0 Å². The van der Waals surface area contributed by atoms with Crippen molar-refractivity contribution in [3.8, 4) is 0 Å². The monoisotopic (exact) mass is 313 g/mol. The summed E-state index contributed by atoms with van der Waals surface area (Å²) in [6, 6.07) is 7.14. The van der Waals surface area contributed by atoms with Gasteiger partial charge in [0.25, 0.3) is 0 Å². The lowest BCUT2D eigenvalue weighted by Gasteiger charge is -2.17. The number of hydrogen-bond acceptors (Lipinski definition) is 2. The average Bonchev–Trinajstić information content (AvgIpc) is 2.69. The Balaban J connectivity index is 2.46. The summed E-state index contributed by atoms with van der Waals surface area (Å²) in [5, 5.41) is 5.21. The highest BCUT2D eigenvalue weighted by atomic mass is 79.9. The van der Waals surface area contributed by atoms with Crippen LogP contribution in [0.15, 0.2) is 34.1 Å². The molecule has 17 heavy (non-hydrogen) atoms. The maximum absolute atomic E-state index is 13.9. The molecule has 0 saturated heterocycles. The van der Waals surface area contributed by atoms with Gasteiger partial charge < -0.3 is 5.32 Å². The van der Waals surface area contributed by atoms with Gasteiger partial charge in [-0.2, -0.15) is 0 Å². The Hall–Kier alpha value is -0.710. The topological polar surface area (TPSA) is 12.0 Å². The minimum atomic E-state index is -0.190. The van der Waals surface area contributed by atoms with Crippen molar-refractivity contribution in [1.29, 1.82) is 0 Å². The van der Waals surface area contributed by atoms with E-state index in [4.69, 9.17) is 0 Å². The molecule has 1 heterocycles. The van der Waals surface area contributed by atoms with Crippen molar-refractivity contribution in [3.05, 3.63) is 55.9 Å². The second-order valence-corrected chi connectivity index (χ2v) is 5.86. The number of halogens is 2. The molecule has 0 amide bonds. The first-order valence-electron chi connectivity index (χ1n) is 5.29. The zero-order valence-corrected chi connectivity index (χ0v) is 12.0. The lowest BCUT2D eigenvalue weighted by Crippen LogP contribution is -2.19. The van der Waals surface area contributed by atoms with E-state index in [2.05, 4.69) is 28.2 Å².